The summed E-state index contributed by atoms with van der Waals surface area (Å²) in [5.41, 5.74) is 2.07. The van der Waals surface area contributed by atoms with Crippen molar-refractivity contribution in [2.24, 2.45) is 5.92 Å². The van der Waals surface area contributed by atoms with Crippen molar-refractivity contribution in [2.75, 3.05) is 6.61 Å². The quantitative estimate of drug-likeness (QED) is 0.886. The second kappa shape index (κ2) is 5.08. The Balaban J connectivity index is 1.79. The number of aliphatic hydroxyl groups is 1. The Morgan fingerprint density at radius 3 is 2.89 bits per heavy atom. The summed E-state index contributed by atoms with van der Waals surface area (Å²) in [4.78, 5) is 0. The molecule has 1 aliphatic carbocycles. The standard InChI is InChI=1S/C16H21ClO2/c1-11-13(4-2-5-14(11)17)15(18)12-6-9-19-16(10-12)7-3-8-16/h2,4-5,12,15,18H,3,6-10H2,1H3. The molecule has 1 aromatic carbocycles. The van der Waals surface area contributed by atoms with Gasteiger partial charge in [-0.25, -0.2) is 0 Å². The van der Waals surface area contributed by atoms with Gasteiger partial charge in [0.2, 0.25) is 0 Å². The highest BCUT2D eigenvalue weighted by molar-refractivity contribution is 6.31. The van der Waals surface area contributed by atoms with Crippen molar-refractivity contribution in [3.8, 4) is 0 Å². The number of rotatable bonds is 2. The number of benzene rings is 1. The first-order valence-electron chi connectivity index (χ1n) is 7.18. The third-order valence-corrected chi connectivity index (χ3v) is 5.28. The van der Waals surface area contributed by atoms with E-state index in [0.29, 0.717) is 5.92 Å². The predicted molar refractivity (Wildman–Crippen MR) is 76.4 cm³/mol. The molecule has 0 bridgehead atoms. The molecule has 1 aliphatic heterocycles. The second-order valence-electron chi connectivity index (χ2n) is 6.04. The lowest BCUT2D eigenvalue weighted by molar-refractivity contribution is -0.157. The highest BCUT2D eigenvalue weighted by Gasteiger charge is 2.44. The van der Waals surface area contributed by atoms with Crippen molar-refractivity contribution >= 4 is 11.6 Å². The average molecular weight is 281 g/mol. The minimum absolute atomic E-state index is 0.0797. The van der Waals surface area contributed by atoms with Crippen LogP contribution in [0, 0.1) is 12.8 Å². The van der Waals surface area contributed by atoms with E-state index < -0.39 is 6.10 Å². The first-order chi connectivity index (χ1) is 9.11. The first-order valence-corrected chi connectivity index (χ1v) is 7.56. The molecular formula is C16H21ClO2. The molecule has 2 nitrogen and oxygen atoms in total. The van der Waals surface area contributed by atoms with Gasteiger partial charge in [0.25, 0.3) is 0 Å². The third kappa shape index (κ3) is 2.42. The molecule has 2 unspecified atom stereocenters. The fourth-order valence-corrected chi connectivity index (χ4v) is 3.64. The van der Waals surface area contributed by atoms with Crippen molar-refractivity contribution in [1.82, 2.24) is 0 Å². The zero-order valence-electron chi connectivity index (χ0n) is 11.4. The zero-order chi connectivity index (χ0) is 13.5. The van der Waals surface area contributed by atoms with Gasteiger partial charge in [0.1, 0.15) is 0 Å². The molecule has 0 aromatic heterocycles. The summed E-state index contributed by atoms with van der Waals surface area (Å²) in [7, 11) is 0. The van der Waals surface area contributed by atoms with Crippen LogP contribution in [0.1, 0.15) is 49.3 Å². The van der Waals surface area contributed by atoms with E-state index in [1.54, 1.807) is 0 Å². The predicted octanol–water partition coefficient (Wildman–Crippen LogP) is 4.03. The maximum absolute atomic E-state index is 10.7. The lowest BCUT2D eigenvalue weighted by Crippen LogP contribution is -2.46. The highest BCUT2D eigenvalue weighted by Crippen LogP contribution is 2.47. The minimum atomic E-state index is -0.417. The summed E-state index contributed by atoms with van der Waals surface area (Å²) in [6, 6.07) is 5.80. The molecule has 2 atom stereocenters. The molecule has 104 valence electrons. The summed E-state index contributed by atoms with van der Waals surface area (Å²) in [6.45, 7) is 2.76. The Morgan fingerprint density at radius 1 is 1.42 bits per heavy atom. The summed E-state index contributed by atoms with van der Waals surface area (Å²) >= 11 is 6.16. The van der Waals surface area contributed by atoms with Gasteiger partial charge in [0.05, 0.1) is 11.7 Å². The Morgan fingerprint density at radius 2 is 2.21 bits per heavy atom. The van der Waals surface area contributed by atoms with E-state index in [4.69, 9.17) is 16.3 Å². The largest absolute Gasteiger partial charge is 0.388 e. The molecular weight excluding hydrogens is 260 g/mol. The molecule has 1 saturated carbocycles. The fourth-order valence-electron chi connectivity index (χ4n) is 3.45. The van der Waals surface area contributed by atoms with Crippen LogP contribution < -0.4 is 0 Å². The molecule has 1 spiro atoms. The Bertz CT molecular complexity index is 468. The molecule has 1 heterocycles. The normalized spacial score (nSPS) is 27.0. The van der Waals surface area contributed by atoms with Crippen LogP contribution in [0.15, 0.2) is 18.2 Å². The summed E-state index contributed by atoms with van der Waals surface area (Å²) in [5.74, 6) is 0.297. The van der Waals surface area contributed by atoms with E-state index in [1.165, 1.54) is 6.42 Å². The zero-order valence-corrected chi connectivity index (χ0v) is 12.1. The molecule has 3 rings (SSSR count). The van der Waals surface area contributed by atoms with Crippen LogP contribution in [-0.2, 0) is 4.74 Å². The minimum Gasteiger partial charge on any atom is -0.388 e. The van der Waals surface area contributed by atoms with E-state index in [-0.39, 0.29) is 5.60 Å². The highest BCUT2D eigenvalue weighted by atomic mass is 35.5. The molecule has 1 N–H and O–H groups in total. The van der Waals surface area contributed by atoms with Crippen LogP contribution in [0.4, 0.5) is 0 Å². The van der Waals surface area contributed by atoms with E-state index in [0.717, 1.165) is 48.4 Å². The van der Waals surface area contributed by atoms with Crippen molar-refractivity contribution < 1.29 is 9.84 Å². The van der Waals surface area contributed by atoms with E-state index in [1.807, 2.05) is 25.1 Å². The second-order valence-corrected chi connectivity index (χ2v) is 6.44. The topological polar surface area (TPSA) is 29.5 Å². The lowest BCUT2D eigenvalue weighted by Gasteiger charge is -2.48. The average Bonchev–Trinajstić information content (AvgIpc) is 2.39. The van der Waals surface area contributed by atoms with Crippen molar-refractivity contribution in [3.05, 3.63) is 34.3 Å². The number of aliphatic hydroxyl groups excluding tert-OH is 1. The van der Waals surface area contributed by atoms with Crippen molar-refractivity contribution in [1.29, 1.82) is 0 Å². The summed E-state index contributed by atoms with van der Waals surface area (Å²) < 4.78 is 5.93. The molecule has 3 heteroatoms. The first kappa shape index (κ1) is 13.4. The van der Waals surface area contributed by atoms with Crippen LogP contribution in [0.3, 0.4) is 0 Å². The van der Waals surface area contributed by atoms with Crippen molar-refractivity contribution in [2.45, 2.75) is 50.7 Å². The van der Waals surface area contributed by atoms with Gasteiger partial charge in [-0.3, -0.25) is 0 Å². The van der Waals surface area contributed by atoms with Crippen LogP contribution in [0.5, 0.6) is 0 Å². The molecule has 2 fully saturated rings. The Labute approximate surface area is 119 Å². The van der Waals surface area contributed by atoms with Gasteiger partial charge in [-0.2, -0.15) is 0 Å². The maximum Gasteiger partial charge on any atom is 0.0823 e. The Kier molecular flexibility index (Phi) is 3.59. The van der Waals surface area contributed by atoms with E-state index in [9.17, 15) is 5.11 Å². The lowest BCUT2D eigenvalue weighted by atomic mass is 9.70. The van der Waals surface area contributed by atoms with E-state index in [2.05, 4.69) is 0 Å². The third-order valence-electron chi connectivity index (χ3n) is 4.87. The SMILES string of the molecule is Cc1c(Cl)cccc1C(O)C1CCOC2(CCC2)C1. The molecule has 0 amide bonds. The molecule has 1 saturated heterocycles. The smallest absolute Gasteiger partial charge is 0.0823 e. The van der Waals surface area contributed by atoms with Crippen LogP contribution in [0.25, 0.3) is 0 Å². The molecule has 2 aliphatic rings. The summed E-state index contributed by atoms with van der Waals surface area (Å²) in [5, 5.41) is 11.4. The monoisotopic (exact) mass is 280 g/mol. The molecule has 1 aromatic rings. The number of ether oxygens (including phenoxy) is 1. The van der Waals surface area contributed by atoms with Gasteiger partial charge < -0.3 is 9.84 Å². The van der Waals surface area contributed by atoms with Gasteiger partial charge in [-0.1, -0.05) is 23.7 Å². The van der Waals surface area contributed by atoms with Crippen LogP contribution in [0.2, 0.25) is 5.02 Å². The van der Waals surface area contributed by atoms with Gasteiger partial charge in [0.15, 0.2) is 0 Å². The summed E-state index contributed by atoms with van der Waals surface area (Å²) in [6.07, 6.45) is 5.09. The number of hydrogen-bond acceptors (Lipinski definition) is 2. The number of halogens is 1. The Hall–Kier alpha value is -0.570. The van der Waals surface area contributed by atoms with Gasteiger partial charge in [0, 0.05) is 11.6 Å². The van der Waals surface area contributed by atoms with Gasteiger partial charge in [-0.05, 0) is 62.1 Å². The van der Waals surface area contributed by atoms with Crippen LogP contribution in [-0.4, -0.2) is 17.3 Å². The van der Waals surface area contributed by atoms with Crippen LogP contribution >= 0.6 is 11.6 Å². The molecule has 0 radical (unpaired) electrons. The molecule has 19 heavy (non-hydrogen) atoms. The van der Waals surface area contributed by atoms with E-state index >= 15 is 0 Å². The maximum atomic E-state index is 10.7. The fraction of sp³-hybridized carbons (Fsp3) is 0.625. The van der Waals surface area contributed by atoms with Crippen molar-refractivity contribution in [3.63, 3.8) is 0 Å². The number of hydrogen-bond donors (Lipinski definition) is 1. The van der Waals surface area contributed by atoms with Gasteiger partial charge >= 0.3 is 0 Å². The van der Waals surface area contributed by atoms with Gasteiger partial charge in [-0.15, -0.1) is 0 Å².